The second-order valence-electron chi connectivity index (χ2n) is 6.67. The van der Waals surface area contributed by atoms with E-state index < -0.39 is 11.7 Å². The van der Waals surface area contributed by atoms with Gasteiger partial charge in [0.2, 0.25) is 0 Å². The van der Waals surface area contributed by atoms with Crippen LogP contribution in [0.15, 0.2) is 0 Å². The molecule has 0 radical (unpaired) electrons. The minimum atomic E-state index is -0.470. The first-order valence-electron chi connectivity index (χ1n) is 7.48. The topological polar surface area (TPSA) is 58.6 Å². The van der Waals surface area contributed by atoms with Gasteiger partial charge in [0, 0.05) is 13.2 Å². The van der Waals surface area contributed by atoms with E-state index in [1.165, 1.54) is 32.1 Å². The number of rotatable bonds is 5. The van der Waals surface area contributed by atoms with Gasteiger partial charge >= 0.3 is 6.09 Å². The zero-order chi connectivity index (χ0) is 14.3. The monoisotopic (exact) mass is 271 g/mol. The molecule has 0 unspecified atom stereocenters. The summed E-state index contributed by atoms with van der Waals surface area (Å²) >= 11 is 0. The van der Waals surface area contributed by atoms with Crippen LogP contribution in [0.1, 0.15) is 59.3 Å². The van der Waals surface area contributed by atoms with Crippen molar-refractivity contribution in [2.24, 2.45) is 11.8 Å². The van der Waals surface area contributed by atoms with E-state index >= 15 is 0 Å². The molecule has 0 aromatic rings. The summed E-state index contributed by atoms with van der Waals surface area (Å²) < 4.78 is 5.19. The van der Waals surface area contributed by atoms with Crippen molar-refractivity contribution in [3.05, 3.63) is 0 Å². The highest BCUT2D eigenvalue weighted by molar-refractivity contribution is 5.67. The van der Waals surface area contributed by atoms with Crippen LogP contribution in [-0.2, 0) is 4.74 Å². The predicted octanol–water partition coefficient (Wildman–Crippen LogP) is 3.09. The predicted molar refractivity (Wildman–Crippen MR) is 76.0 cm³/mol. The van der Waals surface area contributed by atoms with E-state index in [-0.39, 0.29) is 12.5 Å². The average molecular weight is 271 g/mol. The van der Waals surface area contributed by atoms with Gasteiger partial charge in [-0.2, -0.15) is 0 Å². The van der Waals surface area contributed by atoms with Crippen LogP contribution >= 0.6 is 0 Å². The molecule has 0 bridgehead atoms. The molecule has 1 amide bonds. The smallest absolute Gasteiger partial charge is 0.407 e. The minimum absolute atomic E-state index is 0.131. The van der Waals surface area contributed by atoms with Crippen molar-refractivity contribution in [3.8, 4) is 0 Å². The Kier molecular flexibility index (Phi) is 6.63. The van der Waals surface area contributed by atoms with Gasteiger partial charge in [-0.05, 0) is 39.0 Å². The lowest BCUT2D eigenvalue weighted by molar-refractivity contribution is 0.0507. The van der Waals surface area contributed by atoms with E-state index in [1.54, 1.807) is 0 Å². The van der Waals surface area contributed by atoms with Crippen molar-refractivity contribution in [3.63, 3.8) is 0 Å². The molecule has 4 nitrogen and oxygen atoms in total. The molecule has 0 heterocycles. The summed E-state index contributed by atoms with van der Waals surface area (Å²) in [4.78, 5) is 11.6. The van der Waals surface area contributed by atoms with Gasteiger partial charge < -0.3 is 15.2 Å². The Labute approximate surface area is 116 Å². The quantitative estimate of drug-likeness (QED) is 0.808. The highest BCUT2D eigenvalue weighted by Crippen LogP contribution is 2.28. The molecule has 2 N–H and O–H groups in total. The summed E-state index contributed by atoms with van der Waals surface area (Å²) in [5, 5.41) is 12.2. The zero-order valence-electron chi connectivity index (χ0n) is 12.6. The van der Waals surface area contributed by atoms with Gasteiger partial charge in [0.05, 0.1) is 0 Å². The third-order valence-corrected chi connectivity index (χ3v) is 3.58. The Bertz CT molecular complexity index is 267. The van der Waals surface area contributed by atoms with Crippen LogP contribution in [0.4, 0.5) is 4.79 Å². The molecule has 1 aliphatic rings. The summed E-state index contributed by atoms with van der Waals surface area (Å²) in [6, 6.07) is 0. The molecular formula is C15H29NO3. The lowest BCUT2D eigenvalue weighted by atomic mass is 9.83. The van der Waals surface area contributed by atoms with Gasteiger partial charge in [-0.3, -0.25) is 0 Å². The average Bonchev–Trinajstić information content (AvgIpc) is 2.33. The number of aliphatic hydroxyl groups is 1. The van der Waals surface area contributed by atoms with Crippen molar-refractivity contribution in [2.45, 2.75) is 64.9 Å². The molecule has 0 aliphatic heterocycles. The highest BCUT2D eigenvalue weighted by atomic mass is 16.6. The van der Waals surface area contributed by atoms with E-state index in [9.17, 15) is 9.90 Å². The van der Waals surface area contributed by atoms with Crippen molar-refractivity contribution in [1.29, 1.82) is 0 Å². The van der Waals surface area contributed by atoms with Crippen molar-refractivity contribution in [1.82, 2.24) is 5.32 Å². The first kappa shape index (κ1) is 16.3. The summed E-state index contributed by atoms with van der Waals surface area (Å²) in [7, 11) is 0. The fourth-order valence-electron chi connectivity index (χ4n) is 2.66. The second kappa shape index (κ2) is 7.73. The van der Waals surface area contributed by atoms with Crippen molar-refractivity contribution < 1.29 is 14.6 Å². The van der Waals surface area contributed by atoms with Gasteiger partial charge in [-0.15, -0.1) is 0 Å². The molecule has 0 saturated heterocycles. The highest BCUT2D eigenvalue weighted by Gasteiger charge is 2.20. The molecule has 112 valence electrons. The molecule has 0 spiro atoms. The summed E-state index contributed by atoms with van der Waals surface area (Å²) in [6.07, 6.45) is 7.11. The van der Waals surface area contributed by atoms with Gasteiger partial charge in [0.1, 0.15) is 5.60 Å². The number of hydrogen-bond donors (Lipinski definition) is 2. The van der Waals surface area contributed by atoms with Crippen molar-refractivity contribution >= 4 is 6.09 Å². The zero-order valence-corrected chi connectivity index (χ0v) is 12.6. The lowest BCUT2D eigenvalue weighted by Crippen LogP contribution is -2.36. The van der Waals surface area contributed by atoms with Crippen LogP contribution in [0.25, 0.3) is 0 Å². The Morgan fingerprint density at radius 1 is 1.32 bits per heavy atom. The van der Waals surface area contributed by atoms with E-state index in [0.717, 1.165) is 6.42 Å². The van der Waals surface area contributed by atoms with Gasteiger partial charge in [0.15, 0.2) is 0 Å². The third-order valence-electron chi connectivity index (χ3n) is 3.58. The van der Waals surface area contributed by atoms with Crippen LogP contribution in [0.2, 0.25) is 0 Å². The molecule has 0 aromatic heterocycles. The summed E-state index contributed by atoms with van der Waals surface area (Å²) in [6.45, 7) is 6.17. The number of ether oxygens (including phenoxy) is 1. The first-order valence-corrected chi connectivity index (χ1v) is 7.48. The largest absolute Gasteiger partial charge is 0.444 e. The lowest BCUT2D eigenvalue weighted by Gasteiger charge is -2.26. The molecule has 1 atom stereocenters. The number of aliphatic hydroxyl groups excluding tert-OH is 1. The van der Waals surface area contributed by atoms with Crippen LogP contribution in [0.3, 0.4) is 0 Å². The molecule has 1 fully saturated rings. The number of amides is 1. The molecule has 1 rings (SSSR count). The number of nitrogens with one attached hydrogen (secondary N) is 1. The fourth-order valence-corrected chi connectivity index (χ4v) is 2.66. The Morgan fingerprint density at radius 2 is 1.95 bits per heavy atom. The maximum atomic E-state index is 11.6. The minimum Gasteiger partial charge on any atom is -0.444 e. The molecule has 1 saturated carbocycles. The first-order chi connectivity index (χ1) is 8.90. The van der Waals surface area contributed by atoms with Gasteiger partial charge in [-0.25, -0.2) is 4.79 Å². The number of alkyl carbamates (subject to hydrolysis) is 1. The number of carbonyl (C=O) groups is 1. The van der Waals surface area contributed by atoms with E-state index in [0.29, 0.717) is 12.5 Å². The molecule has 4 heteroatoms. The Balaban J connectivity index is 2.25. The fraction of sp³-hybridized carbons (Fsp3) is 0.933. The second-order valence-corrected chi connectivity index (χ2v) is 6.67. The molecular weight excluding hydrogens is 242 g/mol. The van der Waals surface area contributed by atoms with Crippen LogP contribution < -0.4 is 5.32 Å². The van der Waals surface area contributed by atoms with Crippen LogP contribution in [-0.4, -0.2) is 30.0 Å². The van der Waals surface area contributed by atoms with Crippen molar-refractivity contribution in [2.75, 3.05) is 13.2 Å². The molecule has 19 heavy (non-hydrogen) atoms. The SMILES string of the molecule is CC(C)(C)OC(=O)NC[C@@H](CO)CC1CCCCC1. The van der Waals surface area contributed by atoms with Crippen LogP contribution in [0, 0.1) is 11.8 Å². The Morgan fingerprint density at radius 3 is 2.47 bits per heavy atom. The van der Waals surface area contributed by atoms with Gasteiger partial charge in [0.25, 0.3) is 0 Å². The number of carbonyl (C=O) groups excluding carboxylic acids is 1. The molecule has 0 aromatic carbocycles. The summed E-state index contributed by atoms with van der Waals surface area (Å²) in [5.74, 6) is 0.863. The van der Waals surface area contributed by atoms with E-state index in [2.05, 4.69) is 5.32 Å². The van der Waals surface area contributed by atoms with Crippen LogP contribution in [0.5, 0.6) is 0 Å². The summed E-state index contributed by atoms with van der Waals surface area (Å²) in [5.41, 5.74) is -0.470. The van der Waals surface area contributed by atoms with E-state index in [4.69, 9.17) is 4.74 Å². The third kappa shape index (κ3) is 7.41. The van der Waals surface area contributed by atoms with E-state index in [1.807, 2.05) is 20.8 Å². The normalized spacial score (nSPS) is 18.9. The standard InChI is InChI=1S/C15H29NO3/c1-15(2,3)19-14(18)16-10-13(11-17)9-12-7-5-4-6-8-12/h12-13,17H,4-11H2,1-3H3,(H,16,18)/t13-/m0/s1. The maximum Gasteiger partial charge on any atom is 0.407 e. The maximum absolute atomic E-state index is 11.6. The number of hydrogen-bond acceptors (Lipinski definition) is 3. The van der Waals surface area contributed by atoms with Gasteiger partial charge in [-0.1, -0.05) is 32.1 Å². The molecule has 1 aliphatic carbocycles. The Hall–Kier alpha value is -0.770.